The standard InChI is InChI=1S/C11H10BrFN4O/c12-8-2-10(14)7(1-9(8)13)11(18)15-3-6-4-16-17-5-6/h1-2,4-5H,3,14H2,(H,15,18)(H,16,17). The summed E-state index contributed by atoms with van der Waals surface area (Å²) in [6.45, 7) is 0.298. The number of nitrogen functional groups attached to an aromatic ring is 1. The lowest BCUT2D eigenvalue weighted by Crippen LogP contribution is -2.23. The third-order valence-corrected chi connectivity index (χ3v) is 2.95. The summed E-state index contributed by atoms with van der Waals surface area (Å²) in [4.78, 5) is 11.8. The monoisotopic (exact) mass is 312 g/mol. The molecule has 5 nitrogen and oxygen atoms in total. The molecule has 94 valence electrons. The van der Waals surface area contributed by atoms with Gasteiger partial charge in [0, 0.05) is 24.0 Å². The van der Waals surface area contributed by atoms with Gasteiger partial charge in [-0.3, -0.25) is 9.89 Å². The average molecular weight is 313 g/mol. The molecular weight excluding hydrogens is 303 g/mol. The van der Waals surface area contributed by atoms with Crippen LogP contribution < -0.4 is 11.1 Å². The first-order valence-electron chi connectivity index (χ1n) is 5.08. The molecule has 0 radical (unpaired) electrons. The van der Waals surface area contributed by atoms with Crippen molar-refractivity contribution in [3.63, 3.8) is 0 Å². The molecular formula is C11H10BrFN4O. The number of aromatic amines is 1. The van der Waals surface area contributed by atoms with Crippen molar-refractivity contribution in [2.75, 3.05) is 5.73 Å². The largest absolute Gasteiger partial charge is 0.398 e. The molecule has 2 rings (SSSR count). The SMILES string of the molecule is Nc1cc(Br)c(F)cc1C(=O)NCc1cn[nH]c1. The fraction of sp³-hybridized carbons (Fsp3) is 0.0909. The van der Waals surface area contributed by atoms with Crippen LogP contribution in [0.15, 0.2) is 29.0 Å². The highest BCUT2D eigenvalue weighted by Crippen LogP contribution is 2.22. The first-order valence-corrected chi connectivity index (χ1v) is 5.87. The van der Waals surface area contributed by atoms with Crippen LogP contribution in [-0.2, 0) is 6.54 Å². The van der Waals surface area contributed by atoms with Gasteiger partial charge in [-0.1, -0.05) is 0 Å². The Morgan fingerprint density at radius 3 is 3.00 bits per heavy atom. The van der Waals surface area contributed by atoms with Gasteiger partial charge in [-0.2, -0.15) is 5.10 Å². The van der Waals surface area contributed by atoms with E-state index in [4.69, 9.17) is 5.73 Å². The van der Waals surface area contributed by atoms with Gasteiger partial charge in [-0.15, -0.1) is 0 Å². The van der Waals surface area contributed by atoms with E-state index in [1.165, 1.54) is 6.07 Å². The molecule has 1 amide bonds. The van der Waals surface area contributed by atoms with E-state index in [1.807, 2.05) is 0 Å². The van der Waals surface area contributed by atoms with Crippen molar-refractivity contribution < 1.29 is 9.18 Å². The third kappa shape index (κ3) is 2.67. The Morgan fingerprint density at radius 2 is 2.33 bits per heavy atom. The van der Waals surface area contributed by atoms with Gasteiger partial charge in [0.05, 0.1) is 16.2 Å². The second-order valence-electron chi connectivity index (χ2n) is 3.64. The topological polar surface area (TPSA) is 83.8 Å². The molecule has 1 aromatic heterocycles. The Labute approximate surface area is 111 Å². The van der Waals surface area contributed by atoms with Crippen LogP contribution in [0.2, 0.25) is 0 Å². The summed E-state index contributed by atoms with van der Waals surface area (Å²) in [6, 6.07) is 2.46. The number of hydrogen-bond donors (Lipinski definition) is 3. The van der Waals surface area contributed by atoms with E-state index >= 15 is 0 Å². The predicted molar refractivity (Wildman–Crippen MR) is 68.3 cm³/mol. The van der Waals surface area contributed by atoms with Crippen LogP contribution >= 0.6 is 15.9 Å². The van der Waals surface area contributed by atoms with Gasteiger partial charge >= 0.3 is 0 Å². The number of anilines is 1. The lowest BCUT2D eigenvalue weighted by molar-refractivity contribution is 0.0951. The zero-order valence-electron chi connectivity index (χ0n) is 9.21. The Morgan fingerprint density at radius 1 is 1.56 bits per heavy atom. The summed E-state index contributed by atoms with van der Waals surface area (Å²) in [5, 5.41) is 9.01. The van der Waals surface area contributed by atoms with Gasteiger partial charge in [-0.25, -0.2) is 4.39 Å². The van der Waals surface area contributed by atoms with Crippen LogP contribution in [0.4, 0.5) is 10.1 Å². The van der Waals surface area contributed by atoms with Gasteiger partial charge in [0.1, 0.15) is 5.82 Å². The molecule has 18 heavy (non-hydrogen) atoms. The molecule has 0 atom stereocenters. The van der Waals surface area contributed by atoms with Crippen molar-refractivity contribution in [2.24, 2.45) is 0 Å². The van der Waals surface area contributed by atoms with Gasteiger partial charge in [0.15, 0.2) is 0 Å². The molecule has 2 aromatic rings. The van der Waals surface area contributed by atoms with Crippen molar-refractivity contribution in [2.45, 2.75) is 6.54 Å². The van der Waals surface area contributed by atoms with Gasteiger partial charge in [-0.05, 0) is 28.1 Å². The first kappa shape index (κ1) is 12.6. The summed E-state index contributed by atoms with van der Waals surface area (Å²) in [7, 11) is 0. The second-order valence-corrected chi connectivity index (χ2v) is 4.50. The highest BCUT2D eigenvalue weighted by molar-refractivity contribution is 9.10. The Bertz CT molecular complexity index is 571. The number of hydrogen-bond acceptors (Lipinski definition) is 3. The Kier molecular flexibility index (Phi) is 3.61. The smallest absolute Gasteiger partial charge is 0.253 e. The quantitative estimate of drug-likeness (QED) is 0.756. The van der Waals surface area contributed by atoms with Crippen LogP contribution in [0, 0.1) is 5.82 Å². The van der Waals surface area contributed by atoms with E-state index in [9.17, 15) is 9.18 Å². The molecule has 1 heterocycles. The van der Waals surface area contributed by atoms with E-state index in [2.05, 4.69) is 31.4 Å². The number of benzene rings is 1. The molecule has 4 N–H and O–H groups in total. The van der Waals surface area contributed by atoms with Crippen LogP contribution in [-0.4, -0.2) is 16.1 Å². The van der Waals surface area contributed by atoms with Crippen LogP contribution in [0.25, 0.3) is 0 Å². The van der Waals surface area contributed by atoms with Crippen LogP contribution in [0.5, 0.6) is 0 Å². The van der Waals surface area contributed by atoms with Crippen molar-refractivity contribution in [3.8, 4) is 0 Å². The number of amides is 1. The van der Waals surface area contributed by atoms with E-state index in [0.29, 0.717) is 6.54 Å². The lowest BCUT2D eigenvalue weighted by Gasteiger charge is -2.07. The molecule has 0 spiro atoms. The van der Waals surface area contributed by atoms with E-state index in [-0.39, 0.29) is 15.7 Å². The minimum Gasteiger partial charge on any atom is -0.398 e. The number of rotatable bonds is 3. The normalized spacial score (nSPS) is 10.3. The summed E-state index contributed by atoms with van der Waals surface area (Å²) < 4.78 is 13.6. The summed E-state index contributed by atoms with van der Waals surface area (Å²) in [6.07, 6.45) is 3.25. The molecule has 0 unspecified atom stereocenters. The molecule has 0 aliphatic rings. The number of nitrogens with zero attached hydrogens (tertiary/aromatic N) is 1. The maximum absolute atomic E-state index is 13.3. The molecule has 0 aliphatic carbocycles. The maximum atomic E-state index is 13.3. The molecule has 0 aliphatic heterocycles. The molecule has 0 saturated heterocycles. The van der Waals surface area contributed by atoms with Gasteiger partial charge < -0.3 is 11.1 Å². The zero-order chi connectivity index (χ0) is 13.1. The molecule has 0 bridgehead atoms. The van der Waals surface area contributed by atoms with Gasteiger partial charge in [0.2, 0.25) is 0 Å². The van der Waals surface area contributed by atoms with Crippen LogP contribution in [0.1, 0.15) is 15.9 Å². The number of nitrogens with one attached hydrogen (secondary N) is 2. The summed E-state index contributed by atoms with van der Waals surface area (Å²) >= 11 is 3.00. The summed E-state index contributed by atoms with van der Waals surface area (Å²) in [5.74, 6) is -0.960. The number of nitrogens with two attached hydrogens (primary N) is 1. The van der Waals surface area contributed by atoms with Gasteiger partial charge in [0.25, 0.3) is 5.91 Å². The van der Waals surface area contributed by atoms with E-state index < -0.39 is 11.7 Å². The Balaban J connectivity index is 2.11. The molecule has 1 aromatic carbocycles. The third-order valence-electron chi connectivity index (χ3n) is 2.34. The van der Waals surface area contributed by atoms with E-state index in [0.717, 1.165) is 11.6 Å². The average Bonchev–Trinajstić information content (AvgIpc) is 2.84. The number of halogens is 2. The second kappa shape index (κ2) is 5.18. The maximum Gasteiger partial charge on any atom is 0.253 e. The lowest BCUT2D eigenvalue weighted by atomic mass is 10.1. The minimum absolute atomic E-state index is 0.110. The fourth-order valence-corrected chi connectivity index (χ4v) is 1.77. The van der Waals surface area contributed by atoms with Crippen molar-refractivity contribution in [1.82, 2.24) is 15.5 Å². The summed E-state index contributed by atoms with van der Waals surface area (Å²) in [5.41, 5.74) is 6.81. The van der Waals surface area contributed by atoms with E-state index in [1.54, 1.807) is 12.4 Å². The first-order chi connectivity index (χ1) is 8.58. The number of aromatic nitrogens is 2. The Hall–Kier alpha value is -1.89. The van der Waals surface area contributed by atoms with Crippen molar-refractivity contribution in [3.05, 3.63) is 45.9 Å². The number of carbonyl (C=O) groups excluding carboxylic acids is 1. The highest BCUT2D eigenvalue weighted by Gasteiger charge is 2.13. The van der Waals surface area contributed by atoms with Crippen molar-refractivity contribution >= 4 is 27.5 Å². The predicted octanol–water partition coefficient (Wildman–Crippen LogP) is 1.82. The molecule has 7 heteroatoms. The van der Waals surface area contributed by atoms with Crippen LogP contribution in [0.3, 0.4) is 0 Å². The number of H-pyrrole nitrogens is 1. The minimum atomic E-state index is -0.530. The van der Waals surface area contributed by atoms with Crippen molar-refractivity contribution in [1.29, 1.82) is 0 Å². The zero-order valence-corrected chi connectivity index (χ0v) is 10.8. The molecule has 0 fully saturated rings. The highest BCUT2D eigenvalue weighted by atomic mass is 79.9. The number of carbonyl (C=O) groups is 1. The fourth-order valence-electron chi connectivity index (χ4n) is 1.41. The molecule has 0 saturated carbocycles.